The zero-order chi connectivity index (χ0) is 13.0. The Bertz CT molecular complexity index is 445. The molecule has 0 spiro atoms. The van der Waals surface area contributed by atoms with Crippen LogP contribution < -0.4 is 10.2 Å². The second kappa shape index (κ2) is 5.93. The molecule has 96 valence electrons. The monoisotopic (exact) mass is 242 g/mol. The van der Waals surface area contributed by atoms with Crippen LogP contribution in [0.1, 0.15) is 30.9 Å². The van der Waals surface area contributed by atoms with Gasteiger partial charge in [-0.3, -0.25) is 0 Å². The van der Waals surface area contributed by atoms with Crippen molar-refractivity contribution in [2.24, 2.45) is 0 Å². The Kier molecular flexibility index (Phi) is 4.28. The van der Waals surface area contributed by atoms with Gasteiger partial charge in [0.1, 0.15) is 0 Å². The molecule has 1 aromatic carbocycles. The van der Waals surface area contributed by atoms with E-state index in [0.29, 0.717) is 6.04 Å². The molecular formula is C16H22N2. The van der Waals surface area contributed by atoms with Gasteiger partial charge in [0, 0.05) is 38.3 Å². The summed E-state index contributed by atoms with van der Waals surface area (Å²) >= 11 is 0. The minimum Gasteiger partial charge on any atom is -0.374 e. The molecule has 0 bridgehead atoms. The van der Waals surface area contributed by atoms with Crippen LogP contribution in [0.4, 0.5) is 5.69 Å². The maximum atomic E-state index is 5.31. The van der Waals surface area contributed by atoms with E-state index in [1.54, 1.807) is 0 Å². The second-order valence-corrected chi connectivity index (χ2v) is 5.18. The van der Waals surface area contributed by atoms with Crippen molar-refractivity contribution in [3.8, 4) is 12.3 Å². The standard InChI is InChI=1S/C16H22N2/c1-4-6-13(2)17-12-14-8-9-16-15(11-14)7-5-10-18(16)3/h1,8-9,11,13,17H,5-7,10,12H2,2-3H3. The number of hydrogen-bond donors (Lipinski definition) is 1. The molecule has 18 heavy (non-hydrogen) atoms. The molecule has 2 rings (SSSR count). The van der Waals surface area contributed by atoms with Gasteiger partial charge in [0.15, 0.2) is 0 Å². The van der Waals surface area contributed by atoms with Crippen molar-refractivity contribution in [1.29, 1.82) is 0 Å². The van der Waals surface area contributed by atoms with Gasteiger partial charge < -0.3 is 10.2 Å². The van der Waals surface area contributed by atoms with Gasteiger partial charge in [0.25, 0.3) is 0 Å². The van der Waals surface area contributed by atoms with E-state index in [0.717, 1.165) is 13.0 Å². The predicted molar refractivity (Wildman–Crippen MR) is 77.8 cm³/mol. The van der Waals surface area contributed by atoms with Crippen molar-refractivity contribution in [2.45, 2.75) is 38.8 Å². The SMILES string of the molecule is C#CCC(C)NCc1ccc2c(c1)CCCN2C. The summed E-state index contributed by atoms with van der Waals surface area (Å²) in [6, 6.07) is 7.18. The highest BCUT2D eigenvalue weighted by Crippen LogP contribution is 2.26. The number of anilines is 1. The molecule has 1 aromatic rings. The van der Waals surface area contributed by atoms with Crippen LogP contribution in [0.15, 0.2) is 18.2 Å². The fraction of sp³-hybridized carbons (Fsp3) is 0.500. The molecule has 0 saturated heterocycles. The Hall–Kier alpha value is -1.46. The summed E-state index contributed by atoms with van der Waals surface area (Å²) in [5, 5.41) is 3.46. The minimum absolute atomic E-state index is 0.383. The van der Waals surface area contributed by atoms with E-state index in [2.05, 4.69) is 48.3 Å². The lowest BCUT2D eigenvalue weighted by Crippen LogP contribution is -2.26. The second-order valence-electron chi connectivity index (χ2n) is 5.18. The van der Waals surface area contributed by atoms with Crippen molar-refractivity contribution in [1.82, 2.24) is 5.32 Å². The van der Waals surface area contributed by atoms with Gasteiger partial charge in [-0.05, 0) is 37.0 Å². The largest absolute Gasteiger partial charge is 0.374 e. The predicted octanol–water partition coefficient (Wildman–Crippen LogP) is 2.57. The molecule has 1 N–H and O–H groups in total. The van der Waals surface area contributed by atoms with E-state index in [9.17, 15) is 0 Å². The molecule has 1 atom stereocenters. The normalized spacial score (nSPS) is 15.9. The molecule has 1 aliphatic heterocycles. The van der Waals surface area contributed by atoms with Crippen LogP contribution in [0.5, 0.6) is 0 Å². The van der Waals surface area contributed by atoms with E-state index < -0.39 is 0 Å². The van der Waals surface area contributed by atoms with Gasteiger partial charge in [-0.15, -0.1) is 12.3 Å². The third-order valence-electron chi connectivity index (χ3n) is 3.57. The summed E-state index contributed by atoms with van der Waals surface area (Å²) in [4.78, 5) is 2.34. The zero-order valence-corrected chi connectivity index (χ0v) is 11.4. The summed E-state index contributed by atoms with van der Waals surface area (Å²) in [7, 11) is 2.17. The summed E-state index contributed by atoms with van der Waals surface area (Å²) in [6.07, 6.45) is 8.55. The lowest BCUT2D eigenvalue weighted by atomic mass is 9.99. The molecule has 1 aliphatic rings. The Morgan fingerprint density at radius 3 is 3.11 bits per heavy atom. The number of nitrogens with zero attached hydrogens (tertiary/aromatic N) is 1. The maximum absolute atomic E-state index is 5.31. The average Bonchev–Trinajstić information content (AvgIpc) is 2.37. The van der Waals surface area contributed by atoms with Crippen LogP contribution in [0.3, 0.4) is 0 Å². The number of nitrogens with one attached hydrogen (secondary N) is 1. The van der Waals surface area contributed by atoms with Crippen LogP contribution in [0, 0.1) is 12.3 Å². The van der Waals surface area contributed by atoms with Crippen LogP contribution in [-0.2, 0) is 13.0 Å². The lowest BCUT2D eigenvalue weighted by Gasteiger charge is -2.28. The molecule has 0 amide bonds. The van der Waals surface area contributed by atoms with E-state index in [1.807, 2.05) is 0 Å². The molecule has 0 aromatic heterocycles. The number of aryl methyl sites for hydroxylation is 1. The molecule has 0 fully saturated rings. The molecule has 2 nitrogen and oxygen atoms in total. The lowest BCUT2D eigenvalue weighted by molar-refractivity contribution is 0.559. The highest BCUT2D eigenvalue weighted by Gasteiger charge is 2.13. The van der Waals surface area contributed by atoms with Crippen molar-refractivity contribution >= 4 is 5.69 Å². The molecule has 0 aliphatic carbocycles. The maximum Gasteiger partial charge on any atom is 0.0396 e. The zero-order valence-electron chi connectivity index (χ0n) is 11.4. The Labute approximate surface area is 110 Å². The average molecular weight is 242 g/mol. The Balaban J connectivity index is 2.01. The first kappa shape index (κ1) is 13.0. The first-order chi connectivity index (χ1) is 8.70. The van der Waals surface area contributed by atoms with E-state index in [1.165, 1.54) is 36.2 Å². The number of benzene rings is 1. The van der Waals surface area contributed by atoms with Crippen LogP contribution in [0.2, 0.25) is 0 Å². The fourth-order valence-corrected chi connectivity index (χ4v) is 2.49. The number of hydrogen-bond acceptors (Lipinski definition) is 2. The van der Waals surface area contributed by atoms with Gasteiger partial charge in [-0.25, -0.2) is 0 Å². The molecule has 1 unspecified atom stereocenters. The summed E-state index contributed by atoms with van der Waals surface area (Å²) < 4.78 is 0. The van der Waals surface area contributed by atoms with Crippen LogP contribution in [-0.4, -0.2) is 19.6 Å². The number of terminal acetylenes is 1. The van der Waals surface area contributed by atoms with Gasteiger partial charge in [0.2, 0.25) is 0 Å². The molecule has 0 radical (unpaired) electrons. The van der Waals surface area contributed by atoms with Gasteiger partial charge in [-0.2, -0.15) is 0 Å². The van der Waals surface area contributed by atoms with E-state index >= 15 is 0 Å². The molecule has 0 saturated carbocycles. The fourth-order valence-electron chi connectivity index (χ4n) is 2.49. The van der Waals surface area contributed by atoms with Crippen LogP contribution >= 0.6 is 0 Å². The van der Waals surface area contributed by atoms with E-state index in [-0.39, 0.29) is 0 Å². The first-order valence-electron chi connectivity index (χ1n) is 6.70. The first-order valence-corrected chi connectivity index (χ1v) is 6.70. The highest BCUT2D eigenvalue weighted by molar-refractivity contribution is 5.56. The topological polar surface area (TPSA) is 15.3 Å². The third-order valence-corrected chi connectivity index (χ3v) is 3.57. The van der Waals surface area contributed by atoms with Crippen molar-refractivity contribution in [2.75, 3.05) is 18.5 Å². The van der Waals surface area contributed by atoms with Crippen molar-refractivity contribution in [3.63, 3.8) is 0 Å². The quantitative estimate of drug-likeness (QED) is 0.816. The third kappa shape index (κ3) is 3.05. The summed E-state index contributed by atoms with van der Waals surface area (Å²) in [6.45, 7) is 4.20. The van der Waals surface area contributed by atoms with Crippen LogP contribution in [0.25, 0.3) is 0 Å². The highest BCUT2D eigenvalue weighted by atomic mass is 15.1. The Morgan fingerprint density at radius 1 is 1.50 bits per heavy atom. The van der Waals surface area contributed by atoms with Gasteiger partial charge in [0.05, 0.1) is 0 Å². The van der Waals surface area contributed by atoms with Gasteiger partial charge in [-0.1, -0.05) is 12.1 Å². The minimum atomic E-state index is 0.383. The summed E-state index contributed by atoms with van der Waals surface area (Å²) in [5.41, 5.74) is 4.22. The Morgan fingerprint density at radius 2 is 2.33 bits per heavy atom. The van der Waals surface area contributed by atoms with Gasteiger partial charge >= 0.3 is 0 Å². The smallest absolute Gasteiger partial charge is 0.0396 e. The van der Waals surface area contributed by atoms with Crippen molar-refractivity contribution in [3.05, 3.63) is 29.3 Å². The summed E-state index contributed by atoms with van der Waals surface area (Å²) in [5.74, 6) is 2.69. The molecule has 2 heteroatoms. The molecular weight excluding hydrogens is 220 g/mol. The van der Waals surface area contributed by atoms with Crippen molar-refractivity contribution < 1.29 is 0 Å². The molecule has 1 heterocycles. The number of fused-ring (bicyclic) bond motifs is 1. The number of rotatable bonds is 4. The van der Waals surface area contributed by atoms with E-state index in [4.69, 9.17) is 6.42 Å².